The zero-order chi connectivity index (χ0) is 12.3. The molecule has 0 saturated heterocycles. The predicted molar refractivity (Wildman–Crippen MR) is 61.7 cm³/mol. The van der Waals surface area contributed by atoms with Gasteiger partial charge < -0.3 is 9.84 Å². The highest BCUT2D eigenvalue weighted by molar-refractivity contribution is 5.95. The average Bonchev–Trinajstić information content (AvgIpc) is 2.82. The number of ether oxygens (including phenoxy) is 1. The molecule has 0 aliphatic heterocycles. The van der Waals surface area contributed by atoms with Gasteiger partial charge in [0.05, 0.1) is 12.3 Å². The molecule has 2 aromatic rings. The maximum absolute atomic E-state index is 11.3. The first-order chi connectivity index (χ1) is 8.24. The lowest BCUT2D eigenvalue weighted by Crippen LogP contribution is -2.09. The Morgan fingerprint density at radius 3 is 2.88 bits per heavy atom. The van der Waals surface area contributed by atoms with E-state index in [9.17, 15) is 9.90 Å². The Morgan fingerprint density at radius 1 is 1.47 bits per heavy atom. The summed E-state index contributed by atoms with van der Waals surface area (Å²) in [5.41, 5.74) is 0.617. The largest absolute Gasteiger partial charge is 0.493 e. The number of benzene rings is 1. The van der Waals surface area contributed by atoms with Crippen LogP contribution in [0.4, 0.5) is 0 Å². The lowest BCUT2D eigenvalue weighted by Gasteiger charge is -2.11. The van der Waals surface area contributed by atoms with Crippen LogP contribution in [0.25, 0.3) is 5.69 Å². The van der Waals surface area contributed by atoms with Crippen molar-refractivity contribution in [2.75, 3.05) is 6.61 Å². The van der Waals surface area contributed by atoms with Crippen LogP contribution >= 0.6 is 0 Å². The van der Waals surface area contributed by atoms with Gasteiger partial charge in [-0.15, -0.1) is 0 Å². The molecule has 5 nitrogen and oxygen atoms in total. The molecule has 0 unspecified atom stereocenters. The van der Waals surface area contributed by atoms with Crippen molar-refractivity contribution in [2.24, 2.45) is 0 Å². The lowest BCUT2D eigenvalue weighted by molar-refractivity contribution is 0.0692. The second-order valence-corrected chi connectivity index (χ2v) is 3.34. The van der Waals surface area contributed by atoms with Crippen LogP contribution in [0.3, 0.4) is 0 Å². The van der Waals surface area contributed by atoms with E-state index >= 15 is 0 Å². The van der Waals surface area contributed by atoms with Crippen molar-refractivity contribution in [1.29, 1.82) is 0 Å². The summed E-state index contributed by atoms with van der Waals surface area (Å²) in [5.74, 6) is -0.674. The number of carbonyl (C=O) groups is 1. The highest BCUT2D eigenvalue weighted by Crippen LogP contribution is 2.25. The summed E-state index contributed by atoms with van der Waals surface area (Å²) in [6.45, 7) is 2.23. The topological polar surface area (TPSA) is 64.4 Å². The first-order valence-electron chi connectivity index (χ1n) is 5.23. The fraction of sp³-hybridized carbons (Fsp3) is 0.167. The second-order valence-electron chi connectivity index (χ2n) is 3.34. The summed E-state index contributed by atoms with van der Waals surface area (Å²) >= 11 is 0. The number of aromatic carboxylic acids is 1. The highest BCUT2D eigenvalue weighted by atomic mass is 16.5. The number of carboxylic acids is 1. The predicted octanol–water partition coefficient (Wildman–Crippen LogP) is 1.97. The molecule has 1 aromatic heterocycles. The van der Waals surface area contributed by atoms with E-state index in [1.54, 1.807) is 36.7 Å². The van der Waals surface area contributed by atoms with Gasteiger partial charge in [-0.2, -0.15) is 5.10 Å². The third-order valence-corrected chi connectivity index (χ3v) is 2.27. The molecule has 1 aromatic carbocycles. The quantitative estimate of drug-likeness (QED) is 0.875. The van der Waals surface area contributed by atoms with Gasteiger partial charge in [-0.1, -0.05) is 6.07 Å². The van der Waals surface area contributed by atoms with E-state index in [2.05, 4.69) is 5.10 Å². The zero-order valence-corrected chi connectivity index (χ0v) is 9.33. The molecule has 2 rings (SSSR count). The molecule has 17 heavy (non-hydrogen) atoms. The summed E-state index contributed by atoms with van der Waals surface area (Å²) in [5, 5.41) is 13.3. The number of hydrogen-bond acceptors (Lipinski definition) is 3. The Balaban J connectivity index is 2.59. The Labute approximate surface area is 98.3 Å². The van der Waals surface area contributed by atoms with Crippen molar-refractivity contribution >= 4 is 5.97 Å². The van der Waals surface area contributed by atoms with Gasteiger partial charge in [0.1, 0.15) is 11.3 Å². The van der Waals surface area contributed by atoms with Gasteiger partial charge in [0.15, 0.2) is 0 Å². The standard InChI is InChI=1S/C12H12N2O3/c1-2-17-10-6-3-5-9(11(10)12(15)16)14-8-4-7-13-14/h3-8H,2H2,1H3,(H,15,16). The highest BCUT2D eigenvalue weighted by Gasteiger charge is 2.17. The average molecular weight is 232 g/mol. The third-order valence-electron chi connectivity index (χ3n) is 2.27. The van der Waals surface area contributed by atoms with Gasteiger partial charge in [-0.05, 0) is 25.1 Å². The lowest BCUT2D eigenvalue weighted by atomic mass is 10.1. The molecule has 0 bridgehead atoms. The molecule has 0 aliphatic carbocycles. The first-order valence-corrected chi connectivity index (χ1v) is 5.23. The normalized spacial score (nSPS) is 10.2. The molecule has 0 atom stereocenters. The maximum Gasteiger partial charge on any atom is 0.341 e. The van der Waals surface area contributed by atoms with Gasteiger partial charge in [-0.25, -0.2) is 9.48 Å². The number of hydrogen-bond donors (Lipinski definition) is 1. The van der Waals surface area contributed by atoms with Crippen LogP contribution in [-0.4, -0.2) is 27.5 Å². The van der Waals surface area contributed by atoms with Gasteiger partial charge in [0, 0.05) is 12.4 Å². The van der Waals surface area contributed by atoms with Crippen molar-refractivity contribution in [1.82, 2.24) is 9.78 Å². The maximum atomic E-state index is 11.3. The van der Waals surface area contributed by atoms with Crippen LogP contribution < -0.4 is 4.74 Å². The molecule has 5 heteroatoms. The Bertz CT molecular complexity index is 521. The minimum absolute atomic E-state index is 0.123. The molecule has 0 amide bonds. The molecular weight excluding hydrogens is 220 g/mol. The monoisotopic (exact) mass is 232 g/mol. The van der Waals surface area contributed by atoms with Crippen molar-refractivity contribution in [3.63, 3.8) is 0 Å². The van der Waals surface area contributed by atoms with Crippen molar-refractivity contribution in [2.45, 2.75) is 6.92 Å². The Hall–Kier alpha value is -2.30. The van der Waals surface area contributed by atoms with E-state index in [4.69, 9.17) is 4.74 Å². The minimum atomic E-state index is -1.03. The fourth-order valence-electron chi connectivity index (χ4n) is 1.61. The summed E-state index contributed by atoms with van der Waals surface area (Å²) in [7, 11) is 0. The molecule has 0 spiro atoms. The van der Waals surface area contributed by atoms with E-state index in [1.165, 1.54) is 4.68 Å². The fourth-order valence-corrected chi connectivity index (χ4v) is 1.61. The van der Waals surface area contributed by atoms with Crippen LogP contribution in [0.1, 0.15) is 17.3 Å². The first kappa shape index (κ1) is 11.2. The van der Waals surface area contributed by atoms with Gasteiger partial charge in [0.2, 0.25) is 0 Å². The molecule has 0 radical (unpaired) electrons. The molecule has 88 valence electrons. The van der Waals surface area contributed by atoms with Crippen molar-refractivity contribution < 1.29 is 14.6 Å². The summed E-state index contributed by atoms with van der Waals surface area (Å²) in [4.78, 5) is 11.3. The number of rotatable bonds is 4. The van der Waals surface area contributed by atoms with Crippen molar-refractivity contribution in [3.05, 3.63) is 42.2 Å². The van der Waals surface area contributed by atoms with E-state index in [1.807, 2.05) is 6.92 Å². The molecule has 1 N–H and O–H groups in total. The van der Waals surface area contributed by atoms with Crippen molar-refractivity contribution in [3.8, 4) is 11.4 Å². The van der Waals surface area contributed by atoms with E-state index in [0.717, 1.165) is 0 Å². The molecule has 0 aliphatic rings. The number of nitrogens with zero attached hydrogens (tertiary/aromatic N) is 2. The van der Waals surface area contributed by atoms with Gasteiger partial charge in [-0.3, -0.25) is 0 Å². The van der Waals surface area contributed by atoms with E-state index in [0.29, 0.717) is 18.0 Å². The Kier molecular flexibility index (Phi) is 3.09. The van der Waals surface area contributed by atoms with Gasteiger partial charge >= 0.3 is 5.97 Å². The smallest absolute Gasteiger partial charge is 0.341 e. The molecule has 0 saturated carbocycles. The SMILES string of the molecule is CCOc1cccc(-n2cccn2)c1C(=O)O. The minimum Gasteiger partial charge on any atom is -0.493 e. The second kappa shape index (κ2) is 4.69. The molecule has 1 heterocycles. The molecular formula is C12H12N2O3. The number of aromatic nitrogens is 2. The van der Waals surface area contributed by atoms with Crippen LogP contribution in [-0.2, 0) is 0 Å². The van der Waals surface area contributed by atoms with Crippen LogP contribution in [0.5, 0.6) is 5.75 Å². The van der Waals surface area contributed by atoms with Crippen LogP contribution in [0.15, 0.2) is 36.7 Å². The summed E-state index contributed by atoms with van der Waals surface area (Å²) < 4.78 is 6.82. The molecule has 0 fully saturated rings. The van der Waals surface area contributed by atoms with Gasteiger partial charge in [0.25, 0.3) is 0 Å². The van der Waals surface area contributed by atoms with Crippen LogP contribution in [0, 0.1) is 0 Å². The summed E-state index contributed by atoms with van der Waals surface area (Å²) in [6, 6.07) is 6.81. The zero-order valence-electron chi connectivity index (χ0n) is 9.33. The van der Waals surface area contributed by atoms with E-state index < -0.39 is 5.97 Å². The summed E-state index contributed by atoms with van der Waals surface area (Å²) in [6.07, 6.45) is 3.29. The Morgan fingerprint density at radius 2 is 2.29 bits per heavy atom. The van der Waals surface area contributed by atoms with E-state index in [-0.39, 0.29) is 5.56 Å². The third kappa shape index (κ3) is 2.13. The van der Waals surface area contributed by atoms with Crippen LogP contribution in [0.2, 0.25) is 0 Å². The number of carboxylic acid groups (broad SMARTS) is 1.